The van der Waals surface area contributed by atoms with Crippen LogP contribution in [-0.4, -0.2) is 9.97 Å². The Morgan fingerprint density at radius 2 is 1.56 bits per heavy atom. The van der Waals surface area contributed by atoms with Gasteiger partial charge in [-0.15, -0.1) is 0 Å². The van der Waals surface area contributed by atoms with Gasteiger partial charge in [-0.1, -0.05) is 0 Å². The molecule has 1 aromatic rings. The molecule has 0 aromatic carbocycles. The monoisotopic (exact) mass is 214 g/mol. The summed E-state index contributed by atoms with van der Waals surface area (Å²) in [6.45, 7) is 0. The first-order chi connectivity index (χ1) is 7.90. The molecule has 4 aliphatic rings. The predicted octanol–water partition coefficient (Wildman–Crippen LogP) is 3.02. The molecule has 0 spiro atoms. The van der Waals surface area contributed by atoms with E-state index in [9.17, 15) is 0 Å². The molecule has 0 amide bonds. The fraction of sp³-hybridized carbons (Fsp3) is 0.714. The Hall–Kier alpha value is -0.920. The van der Waals surface area contributed by atoms with E-state index in [1.54, 1.807) is 6.20 Å². The lowest BCUT2D eigenvalue weighted by molar-refractivity contribution is -0.00427. The Labute approximate surface area is 96.5 Å². The van der Waals surface area contributed by atoms with E-state index in [0.717, 1.165) is 29.6 Å². The van der Waals surface area contributed by atoms with E-state index in [0.29, 0.717) is 0 Å². The van der Waals surface area contributed by atoms with E-state index in [-0.39, 0.29) is 0 Å². The fourth-order valence-electron chi connectivity index (χ4n) is 4.89. The van der Waals surface area contributed by atoms with Gasteiger partial charge in [0.15, 0.2) is 0 Å². The van der Waals surface area contributed by atoms with E-state index in [2.05, 4.69) is 9.97 Å². The van der Waals surface area contributed by atoms with Crippen LogP contribution in [-0.2, 0) is 0 Å². The highest BCUT2D eigenvalue weighted by atomic mass is 14.8. The number of aromatic nitrogens is 2. The molecule has 5 rings (SSSR count). The molecule has 0 saturated heterocycles. The maximum atomic E-state index is 4.56. The Morgan fingerprint density at radius 3 is 2.12 bits per heavy atom. The molecule has 0 atom stereocenters. The van der Waals surface area contributed by atoms with Crippen LogP contribution in [0.2, 0.25) is 0 Å². The van der Waals surface area contributed by atoms with Gasteiger partial charge in [0.25, 0.3) is 0 Å². The molecule has 0 radical (unpaired) electrons. The summed E-state index contributed by atoms with van der Waals surface area (Å²) in [6.07, 6.45) is 13.1. The van der Waals surface area contributed by atoms with Crippen LogP contribution in [0.5, 0.6) is 0 Å². The second-order valence-corrected chi connectivity index (χ2v) is 6.09. The molecular formula is C14H18N2. The Bertz CT molecular complexity index is 359. The molecule has 4 saturated carbocycles. The quantitative estimate of drug-likeness (QED) is 0.718. The zero-order chi connectivity index (χ0) is 10.5. The van der Waals surface area contributed by atoms with Crippen LogP contribution in [0.15, 0.2) is 18.6 Å². The van der Waals surface area contributed by atoms with Crippen molar-refractivity contribution in [2.45, 2.75) is 38.0 Å². The van der Waals surface area contributed by atoms with E-state index in [1.165, 1.54) is 37.8 Å². The topological polar surface area (TPSA) is 25.8 Å². The normalized spacial score (nSPS) is 44.9. The molecule has 0 N–H and O–H groups in total. The van der Waals surface area contributed by atoms with Gasteiger partial charge in [-0.25, -0.2) is 0 Å². The van der Waals surface area contributed by atoms with Crippen molar-refractivity contribution in [3.05, 3.63) is 24.3 Å². The summed E-state index contributed by atoms with van der Waals surface area (Å²) in [5, 5.41) is 0. The first-order valence-corrected chi connectivity index (χ1v) is 6.66. The first kappa shape index (κ1) is 9.15. The average Bonchev–Trinajstić information content (AvgIpc) is 2.29. The summed E-state index contributed by atoms with van der Waals surface area (Å²) in [5.41, 5.74) is 1.27. The average molecular weight is 214 g/mol. The summed E-state index contributed by atoms with van der Waals surface area (Å²) >= 11 is 0. The van der Waals surface area contributed by atoms with Crippen molar-refractivity contribution in [2.75, 3.05) is 0 Å². The standard InChI is InChI=1S/C14H18N2/c1-2-16-13(8-15-1)14-11-4-9-3-10(6-11)7-12(14)5-9/h1-2,8-12,14H,3-7H2. The minimum atomic E-state index is 0.737. The van der Waals surface area contributed by atoms with Crippen LogP contribution in [0, 0.1) is 23.7 Å². The largest absolute Gasteiger partial charge is 0.261 e. The minimum Gasteiger partial charge on any atom is -0.261 e. The fourth-order valence-corrected chi connectivity index (χ4v) is 4.89. The molecular weight excluding hydrogens is 196 g/mol. The molecule has 2 heteroatoms. The van der Waals surface area contributed by atoms with Gasteiger partial charge < -0.3 is 0 Å². The van der Waals surface area contributed by atoms with Gasteiger partial charge in [-0.3, -0.25) is 9.97 Å². The highest BCUT2D eigenvalue weighted by Crippen LogP contribution is 2.59. The molecule has 2 nitrogen and oxygen atoms in total. The summed E-state index contributed by atoms with van der Waals surface area (Å²) in [5.74, 6) is 4.69. The van der Waals surface area contributed by atoms with Crippen LogP contribution < -0.4 is 0 Å². The van der Waals surface area contributed by atoms with Crippen LogP contribution in [0.4, 0.5) is 0 Å². The minimum absolute atomic E-state index is 0.737. The van der Waals surface area contributed by atoms with Gasteiger partial charge in [-0.2, -0.15) is 0 Å². The lowest BCUT2D eigenvalue weighted by Crippen LogP contribution is -2.44. The number of rotatable bonds is 1. The molecule has 4 fully saturated rings. The summed E-state index contributed by atoms with van der Waals surface area (Å²) < 4.78 is 0. The molecule has 1 heterocycles. The lowest BCUT2D eigenvalue weighted by Gasteiger charge is -2.54. The number of hydrogen-bond acceptors (Lipinski definition) is 2. The maximum absolute atomic E-state index is 4.56. The highest BCUT2D eigenvalue weighted by molar-refractivity contribution is 5.14. The Morgan fingerprint density at radius 1 is 0.875 bits per heavy atom. The second kappa shape index (κ2) is 3.28. The first-order valence-electron chi connectivity index (χ1n) is 6.66. The van der Waals surface area contributed by atoms with E-state index < -0.39 is 0 Å². The van der Waals surface area contributed by atoms with Crippen molar-refractivity contribution < 1.29 is 0 Å². The molecule has 4 aliphatic carbocycles. The summed E-state index contributed by atoms with van der Waals surface area (Å²) in [4.78, 5) is 8.82. The van der Waals surface area contributed by atoms with Crippen molar-refractivity contribution >= 4 is 0 Å². The van der Waals surface area contributed by atoms with Gasteiger partial charge >= 0.3 is 0 Å². The van der Waals surface area contributed by atoms with Crippen LogP contribution in [0.25, 0.3) is 0 Å². The van der Waals surface area contributed by atoms with Crippen molar-refractivity contribution in [1.29, 1.82) is 0 Å². The lowest BCUT2D eigenvalue weighted by atomic mass is 9.51. The van der Waals surface area contributed by atoms with E-state index in [4.69, 9.17) is 0 Å². The van der Waals surface area contributed by atoms with Crippen molar-refractivity contribution in [3.8, 4) is 0 Å². The van der Waals surface area contributed by atoms with Gasteiger partial charge in [0.1, 0.15) is 0 Å². The molecule has 84 valence electrons. The number of hydrogen-bond donors (Lipinski definition) is 0. The predicted molar refractivity (Wildman–Crippen MR) is 61.8 cm³/mol. The third-order valence-electron chi connectivity index (χ3n) is 5.15. The van der Waals surface area contributed by atoms with Crippen LogP contribution in [0.1, 0.15) is 43.7 Å². The van der Waals surface area contributed by atoms with Gasteiger partial charge in [-0.05, 0) is 55.8 Å². The molecule has 0 aliphatic heterocycles. The van der Waals surface area contributed by atoms with E-state index in [1.807, 2.05) is 12.4 Å². The summed E-state index contributed by atoms with van der Waals surface area (Å²) in [6, 6.07) is 0. The zero-order valence-electron chi connectivity index (χ0n) is 9.55. The smallest absolute Gasteiger partial charge is 0.0623 e. The van der Waals surface area contributed by atoms with Crippen LogP contribution in [0.3, 0.4) is 0 Å². The second-order valence-electron chi connectivity index (χ2n) is 6.09. The van der Waals surface area contributed by atoms with Crippen LogP contribution >= 0.6 is 0 Å². The van der Waals surface area contributed by atoms with Crippen molar-refractivity contribution in [3.63, 3.8) is 0 Å². The Balaban J connectivity index is 1.70. The van der Waals surface area contributed by atoms with Crippen molar-refractivity contribution in [2.24, 2.45) is 23.7 Å². The molecule has 4 bridgehead atoms. The van der Waals surface area contributed by atoms with Gasteiger partial charge in [0.05, 0.1) is 5.69 Å². The zero-order valence-corrected chi connectivity index (χ0v) is 9.55. The Kier molecular flexibility index (Phi) is 1.88. The molecule has 16 heavy (non-hydrogen) atoms. The van der Waals surface area contributed by atoms with Gasteiger partial charge in [0.2, 0.25) is 0 Å². The van der Waals surface area contributed by atoms with E-state index >= 15 is 0 Å². The molecule has 0 unspecified atom stereocenters. The number of nitrogens with zero attached hydrogens (tertiary/aromatic N) is 2. The highest BCUT2D eigenvalue weighted by Gasteiger charge is 2.49. The summed E-state index contributed by atoms with van der Waals surface area (Å²) in [7, 11) is 0. The van der Waals surface area contributed by atoms with Crippen molar-refractivity contribution in [1.82, 2.24) is 9.97 Å². The SMILES string of the molecule is c1cnc(C2C3CC4CC(C3)CC2C4)cn1. The maximum Gasteiger partial charge on any atom is 0.0623 e. The third kappa shape index (κ3) is 1.25. The third-order valence-corrected chi connectivity index (χ3v) is 5.15. The molecule has 1 aromatic heterocycles. The van der Waals surface area contributed by atoms with Gasteiger partial charge in [0, 0.05) is 24.5 Å².